The van der Waals surface area contributed by atoms with Gasteiger partial charge in [-0.1, -0.05) is 104 Å². The summed E-state index contributed by atoms with van der Waals surface area (Å²) in [7, 11) is 0. The number of phenols is 8. The summed E-state index contributed by atoms with van der Waals surface area (Å²) in [6.07, 6.45) is 11.5. The van der Waals surface area contributed by atoms with Gasteiger partial charge in [-0.25, -0.2) is 0 Å². The first-order valence-electron chi connectivity index (χ1n) is 21.5. The predicted octanol–water partition coefficient (Wildman–Crippen LogP) is 14.3. The van der Waals surface area contributed by atoms with Crippen molar-refractivity contribution in [3.8, 4) is 102 Å². The molecule has 0 atom stereocenters. The Balaban J connectivity index is 1.44. The topological polar surface area (TPSA) is 162 Å². The maximum absolute atomic E-state index is 11.5. The first-order valence-corrected chi connectivity index (χ1v) is 21.5. The van der Waals surface area contributed by atoms with Crippen molar-refractivity contribution in [3.05, 3.63) is 160 Å². The SMILES string of the molecule is C\C=C/C(C)=C/C(=C(C)\C=C\CC)c1ccc(-c2cc(-c3ccc(O)c(-c4cccc5c(-c6c(O)c(C)c(C)c(O)c6O)cccc45)c3)cc(-c3c(O)c(C)c(O)c(O)c3O)c2)cc1C. The molecule has 7 aromatic carbocycles. The molecule has 0 saturated heterocycles. The number of phenolic OH excluding ortho intramolecular Hbond substituents is 8. The van der Waals surface area contributed by atoms with Gasteiger partial charge in [0.25, 0.3) is 0 Å². The first kappa shape index (κ1) is 45.2. The Morgan fingerprint density at radius 3 is 1.69 bits per heavy atom. The highest BCUT2D eigenvalue weighted by Crippen LogP contribution is 2.53. The summed E-state index contributed by atoms with van der Waals surface area (Å²) in [6, 6.07) is 27.9. The van der Waals surface area contributed by atoms with Crippen molar-refractivity contribution in [1.29, 1.82) is 0 Å². The van der Waals surface area contributed by atoms with Gasteiger partial charge in [0.15, 0.2) is 23.0 Å². The van der Waals surface area contributed by atoms with Crippen LogP contribution in [0.2, 0.25) is 0 Å². The minimum Gasteiger partial charge on any atom is -0.507 e. The first-order chi connectivity index (χ1) is 31.0. The lowest BCUT2D eigenvalue weighted by Gasteiger charge is -2.18. The van der Waals surface area contributed by atoms with E-state index in [1.54, 1.807) is 44.2 Å². The van der Waals surface area contributed by atoms with Gasteiger partial charge in [-0.15, -0.1) is 0 Å². The second-order valence-electron chi connectivity index (χ2n) is 16.6. The third-order valence-electron chi connectivity index (χ3n) is 12.3. The number of hydrogen-bond donors (Lipinski definition) is 8. The van der Waals surface area contributed by atoms with Gasteiger partial charge in [0.05, 0.1) is 11.1 Å². The van der Waals surface area contributed by atoms with Crippen LogP contribution < -0.4 is 0 Å². The molecule has 7 rings (SSSR count). The summed E-state index contributed by atoms with van der Waals surface area (Å²) >= 11 is 0. The third-order valence-corrected chi connectivity index (χ3v) is 12.3. The fourth-order valence-electron chi connectivity index (χ4n) is 8.57. The van der Waals surface area contributed by atoms with Crippen LogP contribution in [-0.2, 0) is 0 Å². The van der Waals surface area contributed by atoms with E-state index >= 15 is 0 Å². The molecule has 7 aromatic rings. The smallest absolute Gasteiger partial charge is 0.201 e. The molecular weight excluding hydrogens is 813 g/mol. The monoisotopic (exact) mass is 866 g/mol. The highest BCUT2D eigenvalue weighted by Gasteiger charge is 2.25. The summed E-state index contributed by atoms with van der Waals surface area (Å²) in [5.74, 6) is -3.36. The largest absolute Gasteiger partial charge is 0.507 e. The van der Waals surface area contributed by atoms with E-state index in [-0.39, 0.29) is 33.9 Å². The van der Waals surface area contributed by atoms with Gasteiger partial charge in [0, 0.05) is 16.7 Å². The third kappa shape index (κ3) is 8.27. The number of hydrogen-bond acceptors (Lipinski definition) is 8. The molecule has 0 aliphatic heterocycles. The number of fused-ring (bicyclic) bond motifs is 1. The standard InChI is InChI=1S/C57H54O8/c1-9-11-15-31(4)46(24-30(3)14-10-2)41-22-20-36(25-32(41)5)38-26-39(28-40(27-38)49-52(60)35(8)54(62)57(65)55(49)63)37-21-23-48(58)47(29-37)44-18-12-17-43-42(44)16-13-19-45(43)50-51(59)33(6)34(7)53(61)56(50)64/h10-29,58-65H,9H2,1-8H3/b14-10-,15-11+,30-24+,46-31+. The molecule has 0 amide bonds. The van der Waals surface area contributed by atoms with Crippen molar-refractivity contribution in [3.63, 3.8) is 0 Å². The molecule has 0 aliphatic carbocycles. The number of benzene rings is 7. The maximum atomic E-state index is 11.5. The van der Waals surface area contributed by atoms with Gasteiger partial charge in [-0.2, -0.15) is 0 Å². The quantitative estimate of drug-likeness (QED) is 0.0383. The van der Waals surface area contributed by atoms with E-state index in [4.69, 9.17) is 0 Å². The highest BCUT2D eigenvalue weighted by atomic mass is 16.3. The van der Waals surface area contributed by atoms with Crippen molar-refractivity contribution in [1.82, 2.24) is 0 Å². The Morgan fingerprint density at radius 2 is 1.05 bits per heavy atom. The summed E-state index contributed by atoms with van der Waals surface area (Å²) < 4.78 is 0. The summed E-state index contributed by atoms with van der Waals surface area (Å²) in [4.78, 5) is 0. The van der Waals surface area contributed by atoms with Gasteiger partial charge in [-0.3, -0.25) is 0 Å². The lowest BCUT2D eigenvalue weighted by molar-refractivity contribution is 0.360. The van der Waals surface area contributed by atoms with Crippen LogP contribution in [0, 0.1) is 27.7 Å². The molecule has 0 aliphatic rings. The average Bonchev–Trinajstić information content (AvgIpc) is 3.30. The van der Waals surface area contributed by atoms with E-state index in [9.17, 15) is 40.9 Å². The zero-order valence-corrected chi connectivity index (χ0v) is 37.8. The minimum atomic E-state index is -0.754. The molecule has 0 unspecified atom stereocenters. The van der Waals surface area contributed by atoms with Crippen molar-refractivity contribution >= 4 is 16.3 Å². The van der Waals surface area contributed by atoms with E-state index in [1.165, 1.54) is 6.92 Å². The van der Waals surface area contributed by atoms with Crippen molar-refractivity contribution in [2.75, 3.05) is 0 Å². The van der Waals surface area contributed by atoms with Gasteiger partial charge < -0.3 is 40.9 Å². The number of allylic oxidation sites excluding steroid dienone is 8. The molecule has 0 radical (unpaired) electrons. The molecule has 0 fully saturated rings. The van der Waals surface area contributed by atoms with Crippen LogP contribution in [0.1, 0.15) is 61.9 Å². The number of rotatable bonds is 10. The summed E-state index contributed by atoms with van der Waals surface area (Å²) in [5.41, 5.74) is 11.1. The van der Waals surface area contributed by atoms with Crippen LogP contribution in [-0.4, -0.2) is 40.9 Å². The summed E-state index contributed by atoms with van der Waals surface area (Å²) in [5, 5.41) is 90.0. The van der Waals surface area contributed by atoms with Crippen molar-refractivity contribution in [2.45, 2.75) is 61.8 Å². The van der Waals surface area contributed by atoms with E-state index in [0.29, 0.717) is 55.3 Å². The van der Waals surface area contributed by atoms with Gasteiger partial charge in [0.1, 0.15) is 17.2 Å². The van der Waals surface area contributed by atoms with Crippen LogP contribution in [0.25, 0.3) is 72.0 Å². The zero-order valence-electron chi connectivity index (χ0n) is 37.8. The lowest BCUT2D eigenvalue weighted by atomic mass is 9.87. The van der Waals surface area contributed by atoms with E-state index < -0.39 is 28.7 Å². The molecule has 65 heavy (non-hydrogen) atoms. The Kier molecular flexibility index (Phi) is 12.6. The molecule has 0 saturated carbocycles. The second kappa shape index (κ2) is 18.1. The normalized spacial score (nSPS) is 12.5. The predicted molar refractivity (Wildman–Crippen MR) is 264 cm³/mol. The fraction of sp³-hybridized carbons (Fsp3) is 0.158. The molecule has 8 heteroatoms. The van der Waals surface area contributed by atoms with Gasteiger partial charge in [-0.05, 0) is 163 Å². The number of aromatic hydroxyl groups is 8. The molecule has 0 aromatic heterocycles. The van der Waals surface area contributed by atoms with Crippen LogP contribution in [0.3, 0.4) is 0 Å². The zero-order chi connectivity index (χ0) is 47.0. The van der Waals surface area contributed by atoms with Gasteiger partial charge in [0.2, 0.25) is 5.75 Å². The summed E-state index contributed by atoms with van der Waals surface area (Å²) in [6.45, 7) is 15.1. The minimum absolute atomic E-state index is 0.00424. The van der Waals surface area contributed by atoms with Crippen molar-refractivity contribution < 1.29 is 40.9 Å². The highest BCUT2D eigenvalue weighted by molar-refractivity contribution is 6.07. The van der Waals surface area contributed by atoms with E-state index in [1.807, 2.05) is 61.5 Å². The van der Waals surface area contributed by atoms with Gasteiger partial charge >= 0.3 is 0 Å². The van der Waals surface area contributed by atoms with Crippen molar-refractivity contribution in [2.24, 2.45) is 0 Å². The molecule has 8 N–H and O–H groups in total. The second-order valence-corrected chi connectivity index (χ2v) is 16.6. The van der Waals surface area contributed by atoms with Crippen LogP contribution >= 0.6 is 0 Å². The average molecular weight is 867 g/mol. The van der Waals surface area contributed by atoms with E-state index in [2.05, 4.69) is 64.1 Å². The molecule has 0 heterocycles. The van der Waals surface area contributed by atoms with E-state index in [0.717, 1.165) is 45.4 Å². The Hall–Kier alpha value is -7.84. The molecule has 330 valence electrons. The lowest BCUT2D eigenvalue weighted by Crippen LogP contribution is -1.94. The fourth-order valence-corrected chi connectivity index (χ4v) is 8.57. The Labute approximate surface area is 379 Å². The van der Waals surface area contributed by atoms with Crippen LogP contribution in [0.15, 0.2) is 133 Å². The number of aryl methyl sites for hydroxylation is 1. The molecule has 0 spiro atoms. The Bertz CT molecular complexity index is 3120. The molecule has 8 nitrogen and oxygen atoms in total. The molecular formula is C57H54O8. The van der Waals surface area contributed by atoms with Crippen LogP contribution in [0.4, 0.5) is 0 Å². The molecule has 0 bridgehead atoms. The Morgan fingerprint density at radius 1 is 0.492 bits per heavy atom. The van der Waals surface area contributed by atoms with Crippen LogP contribution in [0.5, 0.6) is 46.0 Å². The maximum Gasteiger partial charge on any atom is 0.201 e.